The average molecular weight is 167 g/mol. The topological polar surface area (TPSA) is 12.0 Å². The van der Waals surface area contributed by atoms with E-state index in [4.69, 9.17) is 0 Å². The molecule has 0 aromatic rings. The Morgan fingerprint density at radius 2 is 1.67 bits per heavy atom. The van der Waals surface area contributed by atoms with Crippen molar-refractivity contribution < 1.29 is 0 Å². The van der Waals surface area contributed by atoms with Gasteiger partial charge in [-0.15, -0.1) is 0 Å². The van der Waals surface area contributed by atoms with Crippen LogP contribution in [0, 0.1) is 17.8 Å². The molecule has 1 nitrogen and oxygen atoms in total. The molecule has 4 unspecified atom stereocenters. The summed E-state index contributed by atoms with van der Waals surface area (Å²) >= 11 is 0. The highest BCUT2D eigenvalue weighted by Gasteiger charge is 2.36. The Balaban J connectivity index is 2.05. The first-order valence-electron chi connectivity index (χ1n) is 5.52. The van der Waals surface area contributed by atoms with Gasteiger partial charge in [0.2, 0.25) is 0 Å². The van der Waals surface area contributed by atoms with Crippen molar-refractivity contribution in [2.24, 2.45) is 17.8 Å². The van der Waals surface area contributed by atoms with Gasteiger partial charge in [-0.3, -0.25) is 0 Å². The summed E-state index contributed by atoms with van der Waals surface area (Å²) in [6.07, 6.45) is 5.93. The fraction of sp³-hybridized carbons (Fsp3) is 1.00. The van der Waals surface area contributed by atoms with E-state index in [-0.39, 0.29) is 0 Å². The van der Waals surface area contributed by atoms with Gasteiger partial charge in [0.25, 0.3) is 0 Å². The predicted molar refractivity (Wildman–Crippen MR) is 52.1 cm³/mol. The van der Waals surface area contributed by atoms with Crippen LogP contribution in [-0.2, 0) is 0 Å². The summed E-state index contributed by atoms with van der Waals surface area (Å²) < 4.78 is 0. The minimum Gasteiger partial charge on any atom is -0.314 e. The van der Waals surface area contributed by atoms with Crippen LogP contribution in [0.3, 0.4) is 0 Å². The number of nitrogens with one attached hydrogen (secondary N) is 1. The summed E-state index contributed by atoms with van der Waals surface area (Å²) in [5.74, 6) is 2.95. The second-order valence-electron chi connectivity index (χ2n) is 4.79. The molecule has 0 bridgehead atoms. The third kappa shape index (κ3) is 1.39. The molecule has 1 aliphatic carbocycles. The SMILES string of the molecule is CC1CNC(C)C2CCCCC12. The van der Waals surface area contributed by atoms with Crippen LogP contribution in [0.4, 0.5) is 0 Å². The molecule has 2 fully saturated rings. The molecule has 0 spiro atoms. The molecule has 12 heavy (non-hydrogen) atoms. The molecule has 2 rings (SSSR count). The Bertz CT molecular complexity index is 137. The van der Waals surface area contributed by atoms with Crippen molar-refractivity contribution in [3.8, 4) is 0 Å². The first kappa shape index (κ1) is 8.55. The molecular formula is C11H21N. The zero-order valence-corrected chi connectivity index (χ0v) is 8.34. The minimum atomic E-state index is 0.784. The second kappa shape index (κ2) is 3.37. The highest BCUT2D eigenvalue weighted by Crippen LogP contribution is 2.39. The maximum absolute atomic E-state index is 3.63. The monoisotopic (exact) mass is 167 g/mol. The van der Waals surface area contributed by atoms with E-state index in [1.165, 1.54) is 32.2 Å². The van der Waals surface area contributed by atoms with Crippen molar-refractivity contribution in [3.63, 3.8) is 0 Å². The van der Waals surface area contributed by atoms with Gasteiger partial charge < -0.3 is 5.32 Å². The van der Waals surface area contributed by atoms with Crippen LogP contribution in [-0.4, -0.2) is 12.6 Å². The Kier molecular flexibility index (Phi) is 2.40. The number of rotatable bonds is 0. The lowest BCUT2D eigenvalue weighted by molar-refractivity contribution is 0.0934. The van der Waals surface area contributed by atoms with E-state index in [0.29, 0.717) is 0 Å². The van der Waals surface area contributed by atoms with Crippen molar-refractivity contribution >= 4 is 0 Å². The smallest absolute Gasteiger partial charge is 0.00698 e. The molecule has 1 saturated carbocycles. The van der Waals surface area contributed by atoms with Crippen LogP contribution in [0.2, 0.25) is 0 Å². The van der Waals surface area contributed by atoms with Crippen molar-refractivity contribution in [2.45, 2.75) is 45.6 Å². The molecule has 1 N–H and O–H groups in total. The maximum atomic E-state index is 3.63. The summed E-state index contributed by atoms with van der Waals surface area (Å²) in [6.45, 7) is 6.04. The van der Waals surface area contributed by atoms with Gasteiger partial charge in [0, 0.05) is 6.04 Å². The van der Waals surface area contributed by atoms with Gasteiger partial charge in [-0.1, -0.05) is 19.8 Å². The van der Waals surface area contributed by atoms with E-state index in [2.05, 4.69) is 19.2 Å². The summed E-state index contributed by atoms with van der Waals surface area (Å²) in [4.78, 5) is 0. The van der Waals surface area contributed by atoms with Crippen LogP contribution in [0.1, 0.15) is 39.5 Å². The van der Waals surface area contributed by atoms with Gasteiger partial charge in [-0.2, -0.15) is 0 Å². The molecule has 0 radical (unpaired) electrons. The van der Waals surface area contributed by atoms with E-state index in [1.807, 2.05) is 0 Å². The Labute approximate surface area is 75.9 Å². The van der Waals surface area contributed by atoms with Crippen LogP contribution >= 0.6 is 0 Å². The van der Waals surface area contributed by atoms with Crippen LogP contribution in [0.5, 0.6) is 0 Å². The summed E-state index contributed by atoms with van der Waals surface area (Å²) in [7, 11) is 0. The molecule has 0 aromatic carbocycles. The van der Waals surface area contributed by atoms with E-state index < -0.39 is 0 Å². The normalized spacial score (nSPS) is 48.5. The molecule has 1 saturated heterocycles. The molecular weight excluding hydrogens is 146 g/mol. The third-order valence-electron chi connectivity index (χ3n) is 4.01. The molecule has 2 aliphatic rings. The zero-order chi connectivity index (χ0) is 8.55. The summed E-state index contributed by atoms with van der Waals surface area (Å²) in [6, 6.07) is 0.784. The minimum absolute atomic E-state index is 0.784. The molecule has 1 heteroatoms. The van der Waals surface area contributed by atoms with Gasteiger partial charge in [0.1, 0.15) is 0 Å². The molecule has 1 aliphatic heterocycles. The van der Waals surface area contributed by atoms with Gasteiger partial charge in [0.15, 0.2) is 0 Å². The number of fused-ring (bicyclic) bond motifs is 1. The van der Waals surface area contributed by atoms with Gasteiger partial charge in [-0.25, -0.2) is 0 Å². The van der Waals surface area contributed by atoms with Crippen LogP contribution < -0.4 is 5.32 Å². The molecule has 4 atom stereocenters. The largest absolute Gasteiger partial charge is 0.314 e. The Morgan fingerprint density at radius 1 is 1.00 bits per heavy atom. The quantitative estimate of drug-likeness (QED) is 0.584. The highest BCUT2D eigenvalue weighted by molar-refractivity contribution is 4.90. The highest BCUT2D eigenvalue weighted by atomic mass is 14.9. The predicted octanol–water partition coefficient (Wildman–Crippen LogP) is 2.42. The Hall–Kier alpha value is -0.0400. The molecule has 70 valence electrons. The lowest BCUT2D eigenvalue weighted by atomic mass is 9.68. The van der Waals surface area contributed by atoms with Crippen molar-refractivity contribution in [3.05, 3.63) is 0 Å². The summed E-state index contributed by atoms with van der Waals surface area (Å²) in [5, 5.41) is 3.63. The lowest BCUT2D eigenvalue weighted by Gasteiger charge is -2.44. The van der Waals surface area contributed by atoms with E-state index in [1.54, 1.807) is 0 Å². The molecule has 0 amide bonds. The Morgan fingerprint density at radius 3 is 2.33 bits per heavy atom. The van der Waals surface area contributed by atoms with Crippen LogP contribution in [0.25, 0.3) is 0 Å². The first-order valence-corrected chi connectivity index (χ1v) is 5.52. The van der Waals surface area contributed by atoms with Crippen molar-refractivity contribution in [1.82, 2.24) is 5.32 Å². The zero-order valence-electron chi connectivity index (χ0n) is 8.34. The molecule has 1 heterocycles. The summed E-state index contributed by atoms with van der Waals surface area (Å²) in [5.41, 5.74) is 0. The fourth-order valence-electron chi connectivity index (χ4n) is 3.19. The molecule has 0 aromatic heterocycles. The van der Waals surface area contributed by atoms with Crippen molar-refractivity contribution in [1.29, 1.82) is 0 Å². The number of piperidine rings is 1. The average Bonchev–Trinajstić information content (AvgIpc) is 2.12. The lowest BCUT2D eigenvalue weighted by Crippen LogP contribution is -2.49. The van der Waals surface area contributed by atoms with Crippen LogP contribution in [0.15, 0.2) is 0 Å². The van der Waals surface area contributed by atoms with E-state index in [0.717, 1.165) is 23.8 Å². The number of hydrogen-bond donors (Lipinski definition) is 1. The maximum Gasteiger partial charge on any atom is 0.00698 e. The third-order valence-corrected chi connectivity index (χ3v) is 4.01. The van der Waals surface area contributed by atoms with E-state index in [9.17, 15) is 0 Å². The second-order valence-corrected chi connectivity index (χ2v) is 4.79. The van der Waals surface area contributed by atoms with Gasteiger partial charge in [0.05, 0.1) is 0 Å². The standard InChI is InChI=1S/C11H21N/c1-8-7-12-9(2)11-6-4-3-5-10(8)11/h8-12H,3-7H2,1-2H3. The van der Waals surface area contributed by atoms with Gasteiger partial charge in [-0.05, 0) is 44.1 Å². The fourth-order valence-corrected chi connectivity index (χ4v) is 3.19. The van der Waals surface area contributed by atoms with Gasteiger partial charge >= 0.3 is 0 Å². The first-order chi connectivity index (χ1) is 5.79. The van der Waals surface area contributed by atoms with E-state index >= 15 is 0 Å². The van der Waals surface area contributed by atoms with Crippen molar-refractivity contribution in [2.75, 3.05) is 6.54 Å². The number of hydrogen-bond acceptors (Lipinski definition) is 1.